The maximum absolute atomic E-state index is 13.5. The monoisotopic (exact) mass is 474 g/mol. The summed E-state index contributed by atoms with van der Waals surface area (Å²) in [5.41, 5.74) is 2.40. The van der Waals surface area contributed by atoms with E-state index in [9.17, 15) is 13.2 Å². The van der Waals surface area contributed by atoms with Crippen molar-refractivity contribution in [3.63, 3.8) is 0 Å². The van der Waals surface area contributed by atoms with Crippen molar-refractivity contribution in [3.8, 4) is 0 Å². The highest BCUT2D eigenvalue weighted by Crippen LogP contribution is 2.31. The second-order valence-electron chi connectivity index (χ2n) is 7.71. The van der Waals surface area contributed by atoms with Crippen LogP contribution in [0.25, 0.3) is 10.2 Å². The number of thiazole rings is 1. The number of amides is 1. The van der Waals surface area contributed by atoms with Crippen LogP contribution >= 0.6 is 11.3 Å². The van der Waals surface area contributed by atoms with Gasteiger partial charge in [0.05, 0.1) is 15.1 Å². The van der Waals surface area contributed by atoms with Gasteiger partial charge in [-0.3, -0.25) is 9.69 Å². The molecule has 0 radical (unpaired) electrons. The number of sulfonamides is 1. The molecule has 0 spiro atoms. The third-order valence-electron chi connectivity index (χ3n) is 5.50. The van der Waals surface area contributed by atoms with Crippen LogP contribution in [0.1, 0.15) is 29.8 Å². The van der Waals surface area contributed by atoms with Gasteiger partial charge in [-0.25, -0.2) is 17.7 Å². The lowest BCUT2D eigenvalue weighted by atomic mass is 10.2. The Balaban J connectivity index is 1.96. The molecule has 1 amide bonds. The first kappa shape index (κ1) is 24.3. The maximum Gasteiger partial charge on any atom is 0.260 e. The van der Waals surface area contributed by atoms with Crippen LogP contribution in [0.4, 0.5) is 5.13 Å². The molecule has 0 N–H and O–H groups in total. The van der Waals surface area contributed by atoms with Gasteiger partial charge in [-0.2, -0.15) is 0 Å². The number of para-hydroxylation sites is 1. The third kappa shape index (κ3) is 5.01. The first-order chi connectivity index (χ1) is 15.2. The highest BCUT2D eigenvalue weighted by atomic mass is 32.2. The number of carbonyl (C=O) groups is 1. The highest BCUT2D eigenvalue weighted by Gasteiger charge is 2.23. The molecule has 0 unspecified atom stereocenters. The zero-order valence-electron chi connectivity index (χ0n) is 19.2. The summed E-state index contributed by atoms with van der Waals surface area (Å²) in [6.45, 7) is 9.22. The van der Waals surface area contributed by atoms with E-state index in [1.54, 1.807) is 17.0 Å². The quantitative estimate of drug-likeness (QED) is 0.471. The maximum atomic E-state index is 13.5. The van der Waals surface area contributed by atoms with Crippen LogP contribution < -0.4 is 4.90 Å². The van der Waals surface area contributed by atoms with E-state index < -0.39 is 10.0 Å². The van der Waals surface area contributed by atoms with Crippen molar-refractivity contribution in [2.75, 3.05) is 45.2 Å². The molecule has 172 valence electrons. The Morgan fingerprint density at radius 1 is 1.00 bits per heavy atom. The number of likely N-dealkylation sites (N-methyl/N-ethyl adjacent to an activating group) is 1. The minimum Gasteiger partial charge on any atom is -0.302 e. The first-order valence-corrected chi connectivity index (χ1v) is 12.9. The van der Waals surface area contributed by atoms with Gasteiger partial charge in [0.25, 0.3) is 5.91 Å². The summed E-state index contributed by atoms with van der Waals surface area (Å²) in [5.74, 6) is -0.192. The summed E-state index contributed by atoms with van der Waals surface area (Å²) in [7, 11) is -0.581. The van der Waals surface area contributed by atoms with Crippen LogP contribution in [-0.2, 0) is 10.0 Å². The molecule has 9 heteroatoms. The molecule has 0 aliphatic heterocycles. The van der Waals surface area contributed by atoms with E-state index in [1.165, 1.54) is 37.6 Å². The number of rotatable bonds is 9. The topological polar surface area (TPSA) is 73.8 Å². The Bertz CT molecular complexity index is 1180. The Hall–Kier alpha value is -2.33. The normalized spacial score (nSPS) is 12.1. The molecule has 1 heterocycles. The molecular formula is C23H30N4O3S2. The minimum atomic E-state index is -3.55. The lowest BCUT2D eigenvalue weighted by molar-refractivity contribution is 0.0983. The van der Waals surface area contributed by atoms with Gasteiger partial charge in [0.2, 0.25) is 10.0 Å². The lowest BCUT2D eigenvalue weighted by Crippen LogP contribution is -2.38. The van der Waals surface area contributed by atoms with E-state index >= 15 is 0 Å². The summed E-state index contributed by atoms with van der Waals surface area (Å²) >= 11 is 1.49. The number of anilines is 1. The van der Waals surface area contributed by atoms with E-state index in [-0.39, 0.29) is 10.8 Å². The van der Waals surface area contributed by atoms with Gasteiger partial charge >= 0.3 is 0 Å². The van der Waals surface area contributed by atoms with Gasteiger partial charge in [-0.15, -0.1) is 0 Å². The molecule has 0 saturated heterocycles. The van der Waals surface area contributed by atoms with E-state index in [1.807, 2.05) is 25.1 Å². The smallest absolute Gasteiger partial charge is 0.260 e. The van der Waals surface area contributed by atoms with Crippen LogP contribution in [0, 0.1) is 6.92 Å². The van der Waals surface area contributed by atoms with Crippen molar-refractivity contribution in [1.29, 1.82) is 0 Å². The average molecular weight is 475 g/mol. The van der Waals surface area contributed by atoms with Gasteiger partial charge in [0, 0.05) is 32.7 Å². The van der Waals surface area contributed by atoms with Crippen molar-refractivity contribution >= 4 is 42.6 Å². The van der Waals surface area contributed by atoms with Crippen LogP contribution in [-0.4, -0.2) is 68.8 Å². The minimum absolute atomic E-state index is 0.157. The molecule has 32 heavy (non-hydrogen) atoms. The molecule has 7 nitrogen and oxygen atoms in total. The standard InChI is InChI=1S/C23H30N4O3S2/c1-6-26(7-2)15-16-27(23-24-21-17(3)9-8-10-20(21)31-23)22(28)18-11-13-19(14-12-18)32(29,30)25(4)5/h8-14H,6-7,15-16H2,1-5H3. The SMILES string of the molecule is CCN(CC)CCN(C(=O)c1ccc(S(=O)(=O)N(C)C)cc1)c1nc2c(C)cccc2s1. The summed E-state index contributed by atoms with van der Waals surface area (Å²) in [4.78, 5) is 22.4. The lowest BCUT2D eigenvalue weighted by Gasteiger charge is -2.25. The first-order valence-electron chi connectivity index (χ1n) is 10.6. The molecule has 0 bridgehead atoms. The number of benzene rings is 2. The molecule has 0 aliphatic carbocycles. The number of hydrogen-bond donors (Lipinski definition) is 0. The van der Waals surface area contributed by atoms with Crippen molar-refractivity contribution in [1.82, 2.24) is 14.2 Å². The molecule has 3 aromatic rings. The fraction of sp³-hybridized carbons (Fsp3) is 0.391. The number of carbonyl (C=O) groups excluding carboxylic acids is 1. The van der Waals surface area contributed by atoms with Crippen molar-refractivity contribution in [2.24, 2.45) is 0 Å². The molecular weight excluding hydrogens is 444 g/mol. The van der Waals surface area contributed by atoms with Crippen LogP contribution in [0.5, 0.6) is 0 Å². The fourth-order valence-electron chi connectivity index (χ4n) is 3.39. The van der Waals surface area contributed by atoms with E-state index in [4.69, 9.17) is 4.98 Å². The molecule has 0 aliphatic rings. The second kappa shape index (κ2) is 10.1. The number of aryl methyl sites for hydroxylation is 1. The Labute approximate surface area is 194 Å². The summed E-state index contributed by atoms with van der Waals surface area (Å²) < 4.78 is 26.9. The van der Waals surface area contributed by atoms with Crippen molar-refractivity contribution < 1.29 is 13.2 Å². The summed E-state index contributed by atoms with van der Waals surface area (Å²) in [5, 5.41) is 0.649. The van der Waals surface area contributed by atoms with Crippen LogP contribution in [0.2, 0.25) is 0 Å². The van der Waals surface area contributed by atoms with Gasteiger partial charge < -0.3 is 4.90 Å². The average Bonchev–Trinajstić information content (AvgIpc) is 3.22. The Morgan fingerprint density at radius 3 is 2.22 bits per heavy atom. The molecule has 2 aromatic carbocycles. The summed E-state index contributed by atoms with van der Waals surface area (Å²) in [6.07, 6.45) is 0. The fourth-order valence-corrected chi connectivity index (χ4v) is 5.36. The number of aromatic nitrogens is 1. The second-order valence-corrected chi connectivity index (χ2v) is 10.9. The number of fused-ring (bicyclic) bond motifs is 1. The largest absolute Gasteiger partial charge is 0.302 e. The van der Waals surface area contributed by atoms with Gasteiger partial charge in [0.1, 0.15) is 0 Å². The molecule has 0 atom stereocenters. The Morgan fingerprint density at radius 2 is 1.66 bits per heavy atom. The Kier molecular flexibility index (Phi) is 7.66. The zero-order chi connectivity index (χ0) is 23.5. The van der Waals surface area contributed by atoms with Crippen LogP contribution in [0.3, 0.4) is 0 Å². The zero-order valence-corrected chi connectivity index (χ0v) is 20.8. The molecule has 0 saturated carbocycles. The van der Waals surface area contributed by atoms with E-state index in [2.05, 4.69) is 18.7 Å². The third-order valence-corrected chi connectivity index (χ3v) is 8.37. The van der Waals surface area contributed by atoms with Gasteiger partial charge in [0.15, 0.2) is 5.13 Å². The van der Waals surface area contributed by atoms with E-state index in [0.717, 1.165) is 39.7 Å². The number of nitrogens with zero attached hydrogens (tertiary/aromatic N) is 4. The number of hydrogen-bond acceptors (Lipinski definition) is 6. The molecule has 0 fully saturated rings. The summed E-state index contributed by atoms with van der Waals surface area (Å²) in [6, 6.07) is 12.1. The molecule has 1 aromatic heterocycles. The molecule has 3 rings (SSSR count). The van der Waals surface area contributed by atoms with E-state index in [0.29, 0.717) is 17.2 Å². The van der Waals surface area contributed by atoms with Gasteiger partial charge in [-0.1, -0.05) is 37.3 Å². The predicted molar refractivity (Wildman–Crippen MR) is 131 cm³/mol. The van der Waals surface area contributed by atoms with Gasteiger partial charge in [-0.05, 0) is 55.9 Å². The van der Waals surface area contributed by atoms with Crippen molar-refractivity contribution in [2.45, 2.75) is 25.7 Å². The van der Waals surface area contributed by atoms with Crippen LogP contribution in [0.15, 0.2) is 47.4 Å². The predicted octanol–water partition coefficient (Wildman–Crippen LogP) is 3.84. The highest BCUT2D eigenvalue weighted by molar-refractivity contribution is 7.89. The van der Waals surface area contributed by atoms with Crippen molar-refractivity contribution in [3.05, 3.63) is 53.6 Å².